The molecule has 0 atom stereocenters. The van der Waals surface area contributed by atoms with Crippen molar-refractivity contribution in [3.8, 4) is 5.75 Å². The minimum atomic E-state index is 0.726. The number of ether oxygens (including phenoxy) is 1. The van der Waals surface area contributed by atoms with E-state index in [1.807, 2.05) is 0 Å². The van der Waals surface area contributed by atoms with E-state index in [0.29, 0.717) is 0 Å². The highest BCUT2D eigenvalue weighted by atomic mass is 16.5. The van der Waals surface area contributed by atoms with Gasteiger partial charge in [0, 0.05) is 31.7 Å². The lowest BCUT2D eigenvalue weighted by molar-refractivity contribution is 0.255. The maximum atomic E-state index is 5.60. The highest BCUT2D eigenvalue weighted by Crippen LogP contribution is 2.29. The summed E-state index contributed by atoms with van der Waals surface area (Å²) in [5.41, 5.74) is 9.66. The fourth-order valence-electron chi connectivity index (χ4n) is 2.40. The zero-order valence-corrected chi connectivity index (χ0v) is 10.1. The molecule has 3 heteroatoms. The molecule has 0 aromatic heterocycles. The molecule has 2 rings (SSSR count). The van der Waals surface area contributed by atoms with Crippen LogP contribution in [0.1, 0.15) is 16.7 Å². The van der Waals surface area contributed by atoms with Crippen molar-refractivity contribution in [1.82, 2.24) is 4.90 Å². The Bertz CT molecular complexity index is 359. The Morgan fingerprint density at radius 3 is 2.94 bits per heavy atom. The first kappa shape index (κ1) is 11.4. The summed E-state index contributed by atoms with van der Waals surface area (Å²) in [4.78, 5) is 2.39. The van der Waals surface area contributed by atoms with Crippen LogP contribution in [0.2, 0.25) is 0 Å². The predicted molar refractivity (Wildman–Crippen MR) is 65.8 cm³/mol. The molecule has 0 saturated carbocycles. The Balaban J connectivity index is 2.28. The van der Waals surface area contributed by atoms with Crippen LogP contribution in [0.4, 0.5) is 0 Å². The van der Waals surface area contributed by atoms with Crippen LogP contribution in [0.15, 0.2) is 12.1 Å². The van der Waals surface area contributed by atoms with Gasteiger partial charge in [0.2, 0.25) is 0 Å². The monoisotopic (exact) mass is 220 g/mol. The lowest BCUT2D eigenvalue weighted by Gasteiger charge is -2.29. The molecular weight excluding hydrogens is 200 g/mol. The smallest absolute Gasteiger partial charge is 0.123 e. The normalized spacial score (nSPS) is 15.9. The van der Waals surface area contributed by atoms with Crippen LogP contribution in [0.3, 0.4) is 0 Å². The van der Waals surface area contributed by atoms with E-state index in [1.165, 1.54) is 16.7 Å². The van der Waals surface area contributed by atoms with Crippen molar-refractivity contribution in [2.45, 2.75) is 19.9 Å². The number of rotatable bonds is 3. The van der Waals surface area contributed by atoms with Crippen LogP contribution in [-0.2, 0) is 13.0 Å². The fourth-order valence-corrected chi connectivity index (χ4v) is 2.40. The van der Waals surface area contributed by atoms with E-state index in [1.54, 1.807) is 7.11 Å². The van der Waals surface area contributed by atoms with E-state index in [0.717, 1.165) is 38.3 Å². The molecule has 1 aliphatic rings. The second kappa shape index (κ2) is 4.85. The summed E-state index contributed by atoms with van der Waals surface area (Å²) in [6.45, 7) is 5.89. The second-order valence-corrected chi connectivity index (χ2v) is 4.42. The summed E-state index contributed by atoms with van der Waals surface area (Å²) in [5.74, 6) is 1.02. The van der Waals surface area contributed by atoms with E-state index in [-0.39, 0.29) is 0 Å². The third-order valence-corrected chi connectivity index (χ3v) is 3.19. The molecule has 1 aliphatic heterocycles. The molecule has 1 heterocycles. The first-order valence-electron chi connectivity index (χ1n) is 5.83. The van der Waals surface area contributed by atoms with Crippen LogP contribution in [0, 0.1) is 6.92 Å². The van der Waals surface area contributed by atoms with Crippen molar-refractivity contribution < 1.29 is 4.74 Å². The van der Waals surface area contributed by atoms with Gasteiger partial charge in [-0.3, -0.25) is 4.90 Å². The summed E-state index contributed by atoms with van der Waals surface area (Å²) in [7, 11) is 1.75. The molecule has 0 unspecified atom stereocenters. The van der Waals surface area contributed by atoms with Crippen molar-refractivity contribution in [1.29, 1.82) is 0 Å². The quantitative estimate of drug-likeness (QED) is 0.835. The van der Waals surface area contributed by atoms with Gasteiger partial charge in [-0.25, -0.2) is 0 Å². The first-order chi connectivity index (χ1) is 7.74. The molecule has 0 radical (unpaired) electrons. The highest BCUT2D eigenvalue weighted by molar-refractivity contribution is 5.44. The molecule has 0 amide bonds. The van der Waals surface area contributed by atoms with Crippen molar-refractivity contribution >= 4 is 0 Å². The summed E-state index contributed by atoms with van der Waals surface area (Å²) >= 11 is 0. The zero-order chi connectivity index (χ0) is 11.5. The van der Waals surface area contributed by atoms with Gasteiger partial charge >= 0.3 is 0 Å². The molecule has 0 aliphatic carbocycles. The molecule has 1 aromatic rings. The summed E-state index contributed by atoms with van der Waals surface area (Å²) in [6, 6.07) is 4.39. The predicted octanol–water partition coefficient (Wildman–Crippen LogP) is 1.32. The van der Waals surface area contributed by atoms with E-state index < -0.39 is 0 Å². The van der Waals surface area contributed by atoms with Gasteiger partial charge in [0.05, 0.1) is 7.11 Å². The van der Waals surface area contributed by atoms with E-state index >= 15 is 0 Å². The van der Waals surface area contributed by atoms with E-state index in [4.69, 9.17) is 10.5 Å². The summed E-state index contributed by atoms with van der Waals surface area (Å²) in [5, 5.41) is 0. The van der Waals surface area contributed by atoms with Crippen molar-refractivity contribution in [3.05, 3.63) is 28.8 Å². The van der Waals surface area contributed by atoms with Gasteiger partial charge in [0.25, 0.3) is 0 Å². The average Bonchev–Trinajstić information content (AvgIpc) is 2.29. The van der Waals surface area contributed by atoms with Gasteiger partial charge in [-0.05, 0) is 30.5 Å². The largest absolute Gasteiger partial charge is 0.496 e. The number of nitrogens with two attached hydrogens (primary N) is 1. The molecule has 88 valence electrons. The minimum absolute atomic E-state index is 0.726. The SMILES string of the molecule is COc1cc(C)cc2c1CN(CCN)CC2. The van der Waals surface area contributed by atoms with Crippen LogP contribution in [0.5, 0.6) is 5.75 Å². The standard InChI is InChI=1S/C13H20N2O/c1-10-7-11-3-5-15(6-4-14)9-12(11)13(8-10)16-2/h7-8H,3-6,9,14H2,1-2H3. The first-order valence-corrected chi connectivity index (χ1v) is 5.83. The van der Waals surface area contributed by atoms with Gasteiger partial charge in [-0.15, -0.1) is 0 Å². The van der Waals surface area contributed by atoms with E-state index in [9.17, 15) is 0 Å². The van der Waals surface area contributed by atoms with Gasteiger partial charge in [-0.1, -0.05) is 6.07 Å². The maximum Gasteiger partial charge on any atom is 0.123 e. The van der Waals surface area contributed by atoms with Crippen molar-refractivity contribution in [2.24, 2.45) is 5.73 Å². The lowest BCUT2D eigenvalue weighted by atomic mass is 9.96. The molecule has 0 bridgehead atoms. The number of methoxy groups -OCH3 is 1. The van der Waals surface area contributed by atoms with Gasteiger partial charge < -0.3 is 10.5 Å². The van der Waals surface area contributed by atoms with Crippen LogP contribution >= 0.6 is 0 Å². The van der Waals surface area contributed by atoms with Gasteiger partial charge in [0.1, 0.15) is 5.75 Å². The molecule has 16 heavy (non-hydrogen) atoms. The molecule has 3 nitrogen and oxygen atoms in total. The maximum absolute atomic E-state index is 5.60. The van der Waals surface area contributed by atoms with Gasteiger partial charge in [0.15, 0.2) is 0 Å². The van der Waals surface area contributed by atoms with Crippen molar-refractivity contribution in [3.63, 3.8) is 0 Å². The Kier molecular flexibility index (Phi) is 3.46. The third kappa shape index (κ3) is 2.20. The second-order valence-electron chi connectivity index (χ2n) is 4.42. The van der Waals surface area contributed by atoms with Crippen LogP contribution in [-0.4, -0.2) is 31.6 Å². The number of hydrogen-bond donors (Lipinski definition) is 1. The van der Waals surface area contributed by atoms with Crippen LogP contribution in [0.25, 0.3) is 0 Å². The number of nitrogens with zero attached hydrogens (tertiary/aromatic N) is 1. The fraction of sp³-hybridized carbons (Fsp3) is 0.538. The van der Waals surface area contributed by atoms with Crippen molar-refractivity contribution in [2.75, 3.05) is 26.7 Å². The zero-order valence-electron chi connectivity index (χ0n) is 10.1. The van der Waals surface area contributed by atoms with E-state index in [2.05, 4.69) is 24.0 Å². The Labute approximate surface area is 97.2 Å². The average molecular weight is 220 g/mol. The number of benzene rings is 1. The Morgan fingerprint density at radius 1 is 1.44 bits per heavy atom. The minimum Gasteiger partial charge on any atom is -0.496 e. The molecular formula is C13H20N2O. The number of aryl methyl sites for hydroxylation is 1. The van der Waals surface area contributed by atoms with Crippen LogP contribution < -0.4 is 10.5 Å². The number of fused-ring (bicyclic) bond motifs is 1. The topological polar surface area (TPSA) is 38.5 Å². The Hall–Kier alpha value is -1.06. The molecule has 0 saturated heterocycles. The Morgan fingerprint density at radius 2 is 2.25 bits per heavy atom. The molecule has 1 aromatic carbocycles. The summed E-state index contributed by atoms with van der Waals surface area (Å²) < 4.78 is 5.46. The van der Waals surface area contributed by atoms with Gasteiger partial charge in [-0.2, -0.15) is 0 Å². The summed E-state index contributed by atoms with van der Waals surface area (Å²) in [6.07, 6.45) is 1.10. The third-order valence-electron chi connectivity index (χ3n) is 3.19. The highest BCUT2D eigenvalue weighted by Gasteiger charge is 2.19. The molecule has 2 N–H and O–H groups in total. The molecule has 0 spiro atoms. The lowest BCUT2D eigenvalue weighted by Crippen LogP contribution is -2.34. The molecule has 0 fully saturated rings. The number of hydrogen-bond acceptors (Lipinski definition) is 3.